The van der Waals surface area contributed by atoms with E-state index in [0.29, 0.717) is 3.82 Å². The van der Waals surface area contributed by atoms with E-state index < -0.39 is 20.6 Å². The molecule has 0 radical (unpaired) electrons. The van der Waals surface area contributed by atoms with Gasteiger partial charge in [-0.15, -0.1) is 0 Å². The van der Waals surface area contributed by atoms with Gasteiger partial charge in [-0.2, -0.15) is 12.2 Å². The fraction of sp³-hybridized carbons (Fsp3) is 0. The first-order valence-electron chi connectivity index (χ1n) is 5.54. The molecule has 2 aromatic rings. The van der Waals surface area contributed by atoms with Gasteiger partial charge >= 0.3 is 0 Å². The van der Waals surface area contributed by atoms with Gasteiger partial charge in [0, 0.05) is 17.8 Å². The van der Waals surface area contributed by atoms with E-state index in [-0.39, 0.29) is 15.6 Å². The van der Waals surface area contributed by atoms with Crippen LogP contribution in [0.1, 0.15) is 0 Å². The molecule has 2 rings (SSSR count). The number of benzene rings is 2. The molecule has 0 amide bonds. The normalized spacial score (nSPS) is 11.1. The fourth-order valence-corrected chi connectivity index (χ4v) is 3.19. The highest BCUT2D eigenvalue weighted by molar-refractivity contribution is 7.94. The number of nitro groups is 1. The highest BCUT2D eigenvalue weighted by Crippen LogP contribution is 2.31. The molecule has 0 unspecified atom stereocenters. The van der Waals surface area contributed by atoms with Crippen molar-refractivity contribution in [1.29, 1.82) is 0 Å². The molecule has 0 atom stereocenters. The topological polar surface area (TPSA) is 80.5 Å². The van der Waals surface area contributed by atoms with E-state index in [1.54, 1.807) is 18.2 Å². The third kappa shape index (κ3) is 3.10. The van der Waals surface area contributed by atoms with E-state index in [1.165, 1.54) is 12.1 Å². The van der Waals surface area contributed by atoms with E-state index >= 15 is 0 Å². The number of rotatable bonds is 4. The van der Waals surface area contributed by atoms with Crippen LogP contribution in [0.15, 0.2) is 53.4 Å². The van der Waals surface area contributed by atoms with E-state index in [0.717, 1.165) is 18.2 Å². The van der Waals surface area contributed by atoms with Crippen LogP contribution in [-0.4, -0.2) is 13.3 Å². The van der Waals surface area contributed by atoms with Crippen LogP contribution >= 0.6 is 23.4 Å². The van der Waals surface area contributed by atoms with Crippen LogP contribution in [0, 0.1) is 10.1 Å². The van der Waals surface area contributed by atoms with Crippen molar-refractivity contribution >= 4 is 44.8 Å². The Balaban J connectivity index is 2.50. The van der Waals surface area contributed by atoms with Crippen LogP contribution in [0.4, 0.5) is 11.4 Å². The Hall–Kier alpha value is -1.83. The molecule has 0 aromatic heterocycles. The number of nitro benzene ring substituents is 1. The van der Waals surface area contributed by atoms with Gasteiger partial charge in [0.25, 0.3) is 15.7 Å². The lowest BCUT2D eigenvalue weighted by molar-refractivity contribution is -0.384. The molecular formula is C12H8Cl2N2O4S. The van der Waals surface area contributed by atoms with Crippen molar-refractivity contribution in [1.82, 2.24) is 0 Å². The summed E-state index contributed by atoms with van der Waals surface area (Å²) in [5.74, 6) is 0. The molecule has 0 saturated heterocycles. The molecule has 21 heavy (non-hydrogen) atoms. The number of sulfonamides is 1. The third-order valence-corrected chi connectivity index (χ3v) is 5.12. The monoisotopic (exact) mass is 346 g/mol. The minimum atomic E-state index is -4.13. The van der Waals surface area contributed by atoms with Gasteiger partial charge in [-0.05, 0) is 24.3 Å². The number of halogens is 2. The molecule has 0 heterocycles. The molecule has 0 aliphatic rings. The van der Waals surface area contributed by atoms with Gasteiger partial charge < -0.3 is 0 Å². The van der Waals surface area contributed by atoms with Gasteiger partial charge in [0.2, 0.25) is 0 Å². The molecule has 0 aliphatic heterocycles. The fourth-order valence-electron chi connectivity index (χ4n) is 1.57. The number of hydrogen-bond donors (Lipinski definition) is 0. The average molecular weight is 347 g/mol. The number of nitrogens with zero attached hydrogens (tertiary/aromatic N) is 2. The van der Waals surface area contributed by atoms with Crippen molar-refractivity contribution in [3.63, 3.8) is 0 Å². The third-order valence-electron chi connectivity index (χ3n) is 2.58. The zero-order valence-electron chi connectivity index (χ0n) is 10.3. The molecule has 2 aromatic carbocycles. The van der Waals surface area contributed by atoms with Crippen molar-refractivity contribution in [2.24, 2.45) is 0 Å². The smallest absolute Gasteiger partial charge is 0.258 e. The van der Waals surface area contributed by atoms with Gasteiger partial charge in [-0.1, -0.05) is 29.8 Å². The lowest BCUT2D eigenvalue weighted by atomic mass is 10.3. The van der Waals surface area contributed by atoms with Crippen molar-refractivity contribution in [3.8, 4) is 0 Å². The lowest BCUT2D eigenvalue weighted by Gasteiger charge is -2.16. The van der Waals surface area contributed by atoms with Crippen molar-refractivity contribution < 1.29 is 13.3 Å². The number of para-hydroxylation sites is 1. The molecule has 0 aliphatic carbocycles. The Bertz CT molecular complexity index is 781. The largest absolute Gasteiger partial charge is 0.289 e. The highest BCUT2D eigenvalue weighted by atomic mass is 35.5. The van der Waals surface area contributed by atoms with E-state index in [2.05, 4.69) is 0 Å². The van der Waals surface area contributed by atoms with Crippen molar-refractivity contribution in [2.75, 3.05) is 3.82 Å². The molecule has 0 bridgehead atoms. The Morgan fingerprint density at radius 1 is 1.10 bits per heavy atom. The van der Waals surface area contributed by atoms with E-state index in [1.807, 2.05) is 0 Å². The molecule has 9 heteroatoms. The maximum Gasteiger partial charge on any atom is 0.289 e. The first-order valence-corrected chi connectivity index (χ1v) is 7.70. The van der Waals surface area contributed by atoms with Crippen LogP contribution in [0.2, 0.25) is 5.02 Å². The zero-order chi connectivity index (χ0) is 15.6. The summed E-state index contributed by atoms with van der Waals surface area (Å²) in [6.07, 6.45) is 0. The maximum atomic E-state index is 12.3. The summed E-state index contributed by atoms with van der Waals surface area (Å²) in [6.45, 7) is 0. The standard InChI is InChI=1S/C12H8Cl2N2O4S/c13-11-7-6-10(8-12(11)16(17)18)21(19,20)15(14)9-4-2-1-3-5-9/h1-8H. The van der Waals surface area contributed by atoms with Gasteiger partial charge in [-0.3, -0.25) is 10.1 Å². The summed E-state index contributed by atoms with van der Waals surface area (Å²) in [6, 6.07) is 11.1. The highest BCUT2D eigenvalue weighted by Gasteiger charge is 2.26. The predicted octanol–water partition coefficient (Wildman–Crippen LogP) is 3.60. The van der Waals surface area contributed by atoms with Crippen LogP contribution in [0.3, 0.4) is 0 Å². The Kier molecular flexibility index (Phi) is 4.36. The summed E-state index contributed by atoms with van der Waals surface area (Å²) in [4.78, 5) is 9.74. The molecule has 0 fully saturated rings. The van der Waals surface area contributed by atoms with Crippen LogP contribution in [0.25, 0.3) is 0 Å². The summed E-state index contributed by atoms with van der Waals surface area (Å²) < 4.78 is 25.2. The molecule has 0 N–H and O–H groups in total. The van der Waals surface area contributed by atoms with Gasteiger partial charge in [0.1, 0.15) is 5.02 Å². The minimum absolute atomic E-state index is 0.153. The second-order valence-electron chi connectivity index (χ2n) is 3.93. The second kappa shape index (κ2) is 5.88. The van der Waals surface area contributed by atoms with Gasteiger partial charge in [-0.25, -0.2) is 0 Å². The van der Waals surface area contributed by atoms with Gasteiger partial charge in [0.05, 0.1) is 15.5 Å². The van der Waals surface area contributed by atoms with Crippen LogP contribution in [-0.2, 0) is 10.0 Å². The van der Waals surface area contributed by atoms with E-state index in [4.69, 9.17) is 23.4 Å². The second-order valence-corrected chi connectivity index (χ2v) is 6.66. The van der Waals surface area contributed by atoms with Crippen LogP contribution < -0.4 is 3.82 Å². The van der Waals surface area contributed by atoms with E-state index in [9.17, 15) is 18.5 Å². The van der Waals surface area contributed by atoms with Crippen molar-refractivity contribution in [3.05, 3.63) is 63.7 Å². The van der Waals surface area contributed by atoms with Crippen LogP contribution in [0.5, 0.6) is 0 Å². The number of hydrogen-bond acceptors (Lipinski definition) is 4. The summed E-state index contributed by atoms with van der Waals surface area (Å²) in [7, 11) is -4.13. The molecular weight excluding hydrogens is 339 g/mol. The zero-order valence-corrected chi connectivity index (χ0v) is 12.6. The summed E-state index contributed by atoms with van der Waals surface area (Å²) >= 11 is 11.5. The SMILES string of the molecule is O=[N+]([O-])c1cc(S(=O)(=O)N(Cl)c2ccccc2)ccc1Cl. The summed E-state index contributed by atoms with van der Waals surface area (Å²) in [5, 5.41) is 10.7. The van der Waals surface area contributed by atoms with Gasteiger partial charge in [0.15, 0.2) is 0 Å². The number of anilines is 1. The first kappa shape index (κ1) is 15.6. The van der Waals surface area contributed by atoms with Crippen molar-refractivity contribution in [2.45, 2.75) is 4.90 Å². The predicted molar refractivity (Wildman–Crippen MR) is 80.1 cm³/mol. The minimum Gasteiger partial charge on any atom is -0.258 e. The lowest BCUT2D eigenvalue weighted by Crippen LogP contribution is -2.21. The Morgan fingerprint density at radius 3 is 2.29 bits per heavy atom. The maximum absolute atomic E-state index is 12.3. The Morgan fingerprint density at radius 2 is 1.71 bits per heavy atom. The Labute approximate surface area is 130 Å². The molecule has 110 valence electrons. The quantitative estimate of drug-likeness (QED) is 0.481. The summed E-state index contributed by atoms with van der Waals surface area (Å²) in [5.41, 5.74) is -0.285. The molecule has 0 saturated carbocycles. The first-order chi connectivity index (χ1) is 9.84. The average Bonchev–Trinajstić information content (AvgIpc) is 2.47. The molecule has 0 spiro atoms. The molecule has 6 nitrogen and oxygen atoms in total.